The highest BCUT2D eigenvalue weighted by molar-refractivity contribution is 9.10. The maximum absolute atomic E-state index is 12.2. The van der Waals surface area contributed by atoms with Gasteiger partial charge in [0, 0.05) is 10.0 Å². The molecule has 2 aromatic rings. The summed E-state index contributed by atoms with van der Waals surface area (Å²) in [5.74, 6) is -1.58. The van der Waals surface area contributed by atoms with E-state index in [-0.39, 0.29) is 16.3 Å². The smallest absolute Gasteiger partial charge is 0.337 e. The van der Waals surface area contributed by atoms with Crippen LogP contribution in [-0.2, 0) is 0 Å². The number of rotatable bonds is 3. The highest BCUT2D eigenvalue weighted by Gasteiger charge is 2.16. The van der Waals surface area contributed by atoms with Crippen molar-refractivity contribution < 1.29 is 14.7 Å². The highest BCUT2D eigenvalue weighted by atomic mass is 79.9. The lowest BCUT2D eigenvalue weighted by Crippen LogP contribution is -2.15. The molecular weight excluding hydrogens is 358 g/mol. The van der Waals surface area contributed by atoms with Crippen molar-refractivity contribution in [3.05, 3.63) is 62.6 Å². The first-order valence-electron chi connectivity index (χ1n) is 5.99. The van der Waals surface area contributed by atoms with Crippen LogP contribution in [0.2, 0.25) is 5.02 Å². The minimum atomic E-state index is -1.15. The molecule has 1 amide bonds. The third kappa shape index (κ3) is 3.43. The summed E-state index contributed by atoms with van der Waals surface area (Å²) in [5, 5.41) is 11.9. The lowest BCUT2D eigenvalue weighted by Gasteiger charge is -2.11. The summed E-state index contributed by atoms with van der Waals surface area (Å²) in [6, 6.07) is 9.55. The van der Waals surface area contributed by atoms with Crippen molar-refractivity contribution in [2.24, 2.45) is 0 Å². The lowest BCUT2D eigenvalue weighted by molar-refractivity contribution is 0.0698. The second-order valence-electron chi connectivity index (χ2n) is 4.39. The summed E-state index contributed by atoms with van der Waals surface area (Å²) in [7, 11) is 0. The first kappa shape index (κ1) is 15.5. The van der Waals surface area contributed by atoms with Crippen molar-refractivity contribution in [1.82, 2.24) is 0 Å². The van der Waals surface area contributed by atoms with Crippen LogP contribution in [0.1, 0.15) is 26.3 Å². The van der Waals surface area contributed by atoms with Gasteiger partial charge in [-0.05, 0) is 36.8 Å². The van der Waals surface area contributed by atoms with Crippen LogP contribution in [0, 0.1) is 6.92 Å². The van der Waals surface area contributed by atoms with E-state index in [0.717, 1.165) is 10.0 Å². The molecule has 0 spiro atoms. The molecule has 0 aromatic heterocycles. The van der Waals surface area contributed by atoms with Crippen LogP contribution in [0.5, 0.6) is 0 Å². The number of amides is 1. The van der Waals surface area contributed by atoms with Gasteiger partial charge in [-0.2, -0.15) is 0 Å². The normalized spacial score (nSPS) is 10.2. The van der Waals surface area contributed by atoms with Gasteiger partial charge >= 0.3 is 5.97 Å². The van der Waals surface area contributed by atoms with Gasteiger partial charge in [-0.1, -0.05) is 39.7 Å². The fourth-order valence-corrected chi connectivity index (χ4v) is 2.35. The van der Waals surface area contributed by atoms with Crippen LogP contribution in [-0.4, -0.2) is 17.0 Å². The van der Waals surface area contributed by atoms with Gasteiger partial charge in [-0.15, -0.1) is 0 Å². The van der Waals surface area contributed by atoms with E-state index < -0.39 is 11.9 Å². The van der Waals surface area contributed by atoms with Crippen molar-refractivity contribution in [2.75, 3.05) is 5.32 Å². The Morgan fingerprint density at radius 1 is 1.24 bits per heavy atom. The maximum Gasteiger partial charge on any atom is 0.337 e. The van der Waals surface area contributed by atoms with E-state index in [2.05, 4.69) is 21.2 Å². The van der Waals surface area contributed by atoms with Crippen molar-refractivity contribution in [3.63, 3.8) is 0 Å². The number of halogens is 2. The predicted octanol–water partition coefficient (Wildman–Crippen LogP) is 4.36. The average molecular weight is 369 g/mol. The lowest BCUT2D eigenvalue weighted by atomic mass is 10.1. The molecule has 2 N–H and O–H groups in total. The highest BCUT2D eigenvalue weighted by Crippen LogP contribution is 2.27. The molecule has 21 heavy (non-hydrogen) atoms. The Balaban J connectivity index is 2.36. The van der Waals surface area contributed by atoms with Gasteiger partial charge in [0.2, 0.25) is 0 Å². The minimum absolute atomic E-state index is 0.0537. The van der Waals surface area contributed by atoms with E-state index in [4.69, 9.17) is 16.7 Å². The number of para-hydroxylation sites is 1. The SMILES string of the molecule is Cc1ccc(C(=O)Nc2c(Cl)cccc2C(=O)O)cc1Br. The number of nitrogens with one attached hydrogen (secondary N) is 1. The Labute approximate surface area is 134 Å². The number of anilines is 1. The van der Waals surface area contributed by atoms with Crippen LogP contribution >= 0.6 is 27.5 Å². The summed E-state index contributed by atoms with van der Waals surface area (Å²) in [6.45, 7) is 1.91. The van der Waals surface area contributed by atoms with Gasteiger partial charge in [-0.25, -0.2) is 4.79 Å². The molecular formula is C15H11BrClNO3. The molecule has 0 unspecified atom stereocenters. The van der Waals surface area contributed by atoms with Gasteiger partial charge in [-0.3, -0.25) is 4.79 Å². The molecule has 2 rings (SSSR count). The predicted molar refractivity (Wildman–Crippen MR) is 85.2 cm³/mol. The van der Waals surface area contributed by atoms with Crippen molar-refractivity contribution in [1.29, 1.82) is 0 Å². The van der Waals surface area contributed by atoms with E-state index >= 15 is 0 Å². The second-order valence-corrected chi connectivity index (χ2v) is 5.65. The molecule has 0 bridgehead atoms. The Bertz CT molecular complexity index is 731. The summed E-state index contributed by atoms with van der Waals surface area (Å²) < 4.78 is 0.799. The van der Waals surface area contributed by atoms with Crippen LogP contribution in [0.25, 0.3) is 0 Å². The zero-order valence-electron chi connectivity index (χ0n) is 11.0. The first-order chi connectivity index (χ1) is 9.90. The zero-order chi connectivity index (χ0) is 15.6. The fraction of sp³-hybridized carbons (Fsp3) is 0.0667. The number of carbonyl (C=O) groups is 2. The number of carbonyl (C=O) groups excluding carboxylic acids is 1. The van der Waals surface area contributed by atoms with Gasteiger partial charge in [0.05, 0.1) is 16.3 Å². The van der Waals surface area contributed by atoms with E-state index in [0.29, 0.717) is 5.56 Å². The van der Waals surface area contributed by atoms with Crippen molar-refractivity contribution >= 4 is 45.1 Å². The van der Waals surface area contributed by atoms with Gasteiger partial charge < -0.3 is 10.4 Å². The molecule has 0 heterocycles. The average Bonchev–Trinajstić information content (AvgIpc) is 2.43. The van der Waals surface area contributed by atoms with Gasteiger partial charge in [0.15, 0.2) is 0 Å². The molecule has 0 radical (unpaired) electrons. The summed E-state index contributed by atoms with van der Waals surface area (Å²) in [6.07, 6.45) is 0. The first-order valence-corrected chi connectivity index (χ1v) is 7.16. The van der Waals surface area contributed by atoms with Gasteiger partial charge in [0.25, 0.3) is 5.91 Å². The Morgan fingerprint density at radius 2 is 1.95 bits per heavy atom. The monoisotopic (exact) mass is 367 g/mol. The van der Waals surface area contributed by atoms with Crippen LogP contribution < -0.4 is 5.32 Å². The molecule has 0 aliphatic rings. The van der Waals surface area contributed by atoms with Crippen LogP contribution in [0.15, 0.2) is 40.9 Å². The third-order valence-corrected chi connectivity index (χ3v) is 4.09. The standard InChI is InChI=1S/C15H11BrClNO3/c1-8-5-6-9(7-11(8)16)14(19)18-13-10(15(20)21)3-2-4-12(13)17/h2-7H,1H3,(H,18,19)(H,20,21). The fourth-order valence-electron chi connectivity index (χ4n) is 1.75. The van der Waals surface area contributed by atoms with Crippen molar-refractivity contribution in [2.45, 2.75) is 6.92 Å². The summed E-state index contributed by atoms with van der Waals surface area (Å²) in [5.41, 5.74) is 1.44. The number of carboxylic acid groups (broad SMARTS) is 1. The Hall–Kier alpha value is -1.85. The molecule has 0 saturated carbocycles. The van der Waals surface area contributed by atoms with E-state index in [9.17, 15) is 9.59 Å². The van der Waals surface area contributed by atoms with E-state index in [1.807, 2.05) is 6.92 Å². The molecule has 0 saturated heterocycles. The summed E-state index contributed by atoms with van der Waals surface area (Å²) >= 11 is 9.33. The van der Waals surface area contributed by atoms with Crippen LogP contribution in [0.3, 0.4) is 0 Å². The van der Waals surface area contributed by atoms with Gasteiger partial charge in [0.1, 0.15) is 0 Å². The molecule has 108 valence electrons. The van der Waals surface area contributed by atoms with Crippen LogP contribution in [0.4, 0.5) is 5.69 Å². The topological polar surface area (TPSA) is 66.4 Å². The molecule has 0 aliphatic carbocycles. The number of hydrogen-bond donors (Lipinski definition) is 2. The van der Waals surface area contributed by atoms with E-state index in [1.165, 1.54) is 18.2 Å². The molecule has 6 heteroatoms. The molecule has 2 aromatic carbocycles. The Kier molecular flexibility index (Phi) is 4.65. The number of aromatic carboxylic acids is 1. The second kappa shape index (κ2) is 6.28. The number of aryl methyl sites for hydroxylation is 1. The summed E-state index contributed by atoms with van der Waals surface area (Å²) in [4.78, 5) is 23.4. The number of benzene rings is 2. The molecule has 0 aliphatic heterocycles. The van der Waals surface area contributed by atoms with E-state index in [1.54, 1.807) is 18.2 Å². The maximum atomic E-state index is 12.2. The Morgan fingerprint density at radius 3 is 2.57 bits per heavy atom. The molecule has 0 fully saturated rings. The zero-order valence-corrected chi connectivity index (χ0v) is 13.3. The molecule has 4 nitrogen and oxygen atoms in total. The minimum Gasteiger partial charge on any atom is -0.478 e. The van der Waals surface area contributed by atoms with Crippen molar-refractivity contribution in [3.8, 4) is 0 Å². The largest absolute Gasteiger partial charge is 0.478 e. The molecule has 0 atom stereocenters. The number of carboxylic acids is 1. The third-order valence-electron chi connectivity index (χ3n) is 2.92. The number of hydrogen-bond acceptors (Lipinski definition) is 2. The quantitative estimate of drug-likeness (QED) is 0.846.